The van der Waals surface area contributed by atoms with E-state index in [9.17, 15) is 4.79 Å². The van der Waals surface area contributed by atoms with Gasteiger partial charge in [-0.3, -0.25) is 4.79 Å². The maximum Gasteiger partial charge on any atom is 0.309 e. The smallest absolute Gasteiger partial charge is 0.309 e. The Bertz CT molecular complexity index is 799. The molecule has 0 unspecified atom stereocenters. The molecule has 0 aliphatic heterocycles. The number of carbonyl (C=O) groups excluding carboxylic acids is 1. The van der Waals surface area contributed by atoms with Crippen molar-refractivity contribution in [1.29, 1.82) is 0 Å². The summed E-state index contributed by atoms with van der Waals surface area (Å²) in [6, 6.07) is 14.8. The van der Waals surface area contributed by atoms with Crippen molar-refractivity contribution in [2.24, 2.45) is 0 Å². The minimum Gasteiger partial charge on any atom is -0.469 e. The van der Waals surface area contributed by atoms with E-state index in [2.05, 4.69) is 47.2 Å². The molecular weight excluding hydrogens is 268 g/mol. The third-order valence-electron chi connectivity index (χ3n) is 3.22. The van der Waals surface area contributed by atoms with E-state index in [-0.39, 0.29) is 5.97 Å². The van der Waals surface area contributed by atoms with Crippen LogP contribution in [0.1, 0.15) is 12.0 Å². The molecule has 0 bridgehead atoms. The summed E-state index contributed by atoms with van der Waals surface area (Å²) in [5.74, 6) is -0.219. The average molecular weight is 282 g/mol. The molecule has 0 atom stereocenters. The standard InChI is InChI=1S/C17H14O2S/c1-19-17(18)8-4-5-12-9-10-16-14(11-12)13-6-2-3-7-15(13)20-16/h2-7,9-11H,8H2,1H3. The van der Waals surface area contributed by atoms with E-state index >= 15 is 0 Å². The zero-order valence-corrected chi connectivity index (χ0v) is 11.9. The number of ether oxygens (including phenoxy) is 1. The summed E-state index contributed by atoms with van der Waals surface area (Å²) in [5, 5.41) is 2.56. The lowest BCUT2D eigenvalue weighted by atomic mass is 10.1. The van der Waals surface area contributed by atoms with E-state index in [1.807, 2.05) is 12.2 Å². The fourth-order valence-corrected chi connectivity index (χ4v) is 3.31. The van der Waals surface area contributed by atoms with Gasteiger partial charge < -0.3 is 4.74 Å². The van der Waals surface area contributed by atoms with E-state index in [1.165, 1.54) is 27.3 Å². The van der Waals surface area contributed by atoms with Gasteiger partial charge in [0.2, 0.25) is 0 Å². The molecule has 0 saturated carbocycles. The molecule has 20 heavy (non-hydrogen) atoms. The fraction of sp³-hybridized carbons (Fsp3) is 0.118. The third-order valence-corrected chi connectivity index (χ3v) is 4.38. The molecule has 0 saturated heterocycles. The van der Waals surface area contributed by atoms with Crippen molar-refractivity contribution in [3.05, 3.63) is 54.1 Å². The van der Waals surface area contributed by atoms with Crippen LogP contribution < -0.4 is 0 Å². The predicted octanol–water partition coefficient (Wildman–Crippen LogP) is 4.63. The van der Waals surface area contributed by atoms with Crippen LogP contribution in [-0.4, -0.2) is 13.1 Å². The van der Waals surface area contributed by atoms with Crippen molar-refractivity contribution in [3.63, 3.8) is 0 Å². The van der Waals surface area contributed by atoms with Crippen molar-refractivity contribution >= 4 is 43.6 Å². The zero-order chi connectivity index (χ0) is 13.9. The summed E-state index contributed by atoms with van der Waals surface area (Å²) in [6.45, 7) is 0. The van der Waals surface area contributed by atoms with Crippen molar-refractivity contribution in [3.8, 4) is 0 Å². The predicted molar refractivity (Wildman–Crippen MR) is 85.0 cm³/mol. The summed E-state index contributed by atoms with van der Waals surface area (Å²) >= 11 is 1.80. The lowest BCUT2D eigenvalue weighted by Crippen LogP contribution is -1.96. The van der Waals surface area contributed by atoms with Gasteiger partial charge in [0.1, 0.15) is 0 Å². The maximum absolute atomic E-state index is 11.1. The van der Waals surface area contributed by atoms with E-state index in [0.29, 0.717) is 6.42 Å². The van der Waals surface area contributed by atoms with Gasteiger partial charge in [-0.1, -0.05) is 36.4 Å². The van der Waals surface area contributed by atoms with Crippen LogP contribution in [-0.2, 0) is 9.53 Å². The van der Waals surface area contributed by atoms with E-state index < -0.39 is 0 Å². The SMILES string of the molecule is COC(=O)CC=Cc1ccc2sc3ccccc3c2c1. The van der Waals surface area contributed by atoms with Crippen molar-refractivity contribution < 1.29 is 9.53 Å². The van der Waals surface area contributed by atoms with Crippen LogP contribution in [0.25, 0.3) is 26.2 Å². The summed E-state index contributed by atoms with van der Waals surface area (Å²) in [6.07, 6.45) is 4.10. The molecule has 0 fully saturated rings. The molecule has 3 aromatic rings. The molecule has 0 radical (unpaired) electrons. The van der Waals surface area contributed by atoms with Gasteiger partial charge in [-0.05, 0) is 23.8 Å². The number of hydrogen-bond acceptors (Lipinski definition) is 3. The fourth-order valence-electron chi connectivity index (χ4n) is 2.22. The Hall–Kier alpha value is -2.13. The maximum atomic E-state index is 11.1. The number of methoxy groups -OCH3 is 1. The molecule has 3 rings (SSSR count). The van der Waals surface area contributed by atoms with Crippen LogP contribution >= 0.6 is 11.3 Å². The zero-order valence-electron chi connectivity index (χ0n) is 11.1. The van der Waals surface area contributed by atoms with E-state index in [4.69, 9.17) is 0 Å². The van der Waals surface area contributed by atoms with Gasteiger partial charge >= 0.3 is 5.97 Å². The lowest BCUT2D eigenvalue weighted by molar-refractivity contribution is -0.139. The Morgan fingerprint density at radius 1 is 1.15 bits per heavy atom. The Balaban J connectivity index is 1.97. The van der Waals surface area contributed by atoms with Crippen molar-refractivity contribution in [1.82, 2.24) is 0 Å². The summed E-state index contributed by atoms with van der Waals surface area (Å²) in [4.78, 5) is 11.1. The first-order valence-electron chi connectivity index (χ1n) is 6.42. The first kappa shape index (κ1) is 12.9. The van der Waals surface area contributed by atoms with Gasteiger partial charge in [-0.15, -0.1) is 11.3 Å². The second-order valence-corrected chi connectivity index (χ2v) is 5.62. The Labute approximate surface area is 121 Å². The number of thiophene rings is 1. The van der Waals surface area contributed by atoms with Gasteiger partial charge in [-0.2, -0.15) is 0 Å². The van der Waals surface area contributed by atoms with E-state index in [0.717, 1.165) is 5.56 Å². The first-order valence-corrected chi connectivity index (χ1v) is 7.24. The first-order chi connectivity index (χ1) is 9.78. The molecule has 100 valence electrons. The Kier molecular flexibility index (Phi) is 3.52. The lowest BCUT2D eigenvalue weighted by Gasteiger charge is -1.96. The summed E-state index contributed by atoms with van der Waals surface area (Å²) < 4.78 is 7.21. The van der Waals surface area contributed by atoms with Crippen LogP contribution in [0.15, 0.2) is 48.5 Å². The number of esters is 1. The molecule has 3 heteroatoms. The number of fused-ring (bicyclic) bond motifs is 3. The molecule has 0 aliphatic carbocycles. The van der Waals surface area contributed by atoms with Gasteiger partial charge in [0.05, 0.1) is 13.5 Å². The summed E-state index contributed by atoms with van der Waals surface area (Å²) in [5.41, 5.74) is 1.10. The largest absolute Gasteiger partial charge is 0.469 e. The molecule has 1 heterocycles. The number of carbonyl (C=O) groups is 1. The summed E-state index contributed by atoms with van der Waals surface area (Å²) in [7, 11) is 1.40. The molecule has 0 N–H and O–H groups in total. The normalized spacial score (nSPS) is 11.4. The number of benzene rings is 2. The Morgan fingerprint density at radius 3 is 2.80 bits per heavy atom. The van der Waals surface area contributed by atoms with Crippen LogP contribution in [0, 0.1) is 0 Å². The molecule has 2 nitrogen and oxygen atoms in total. The second-order valence-electron chi connectivity index (χ2n) is 4.54. The third kappa shape index (κ3) is 2.45. The van der Waals surface area contributed by atoms with E-state index in [1.54, 1.807) is 11.3 Å². The quantitative estimate of drug-likeness (QED) is 0.655. The van der Waals surface area contributed by atoms with Crippen LogP contribution in [0.5, 0.6) is 0 Å². The molecular formula is C17H14O2S. The van der Waals surface area contributed by atoms with Crippen molar-refractivity contribution in [2.45, 2.75) is 6.42 Å². The number of rotatable bonds is 3. The van der Waals surface area contributed by atoms with Gasteiger partial charge in [0.25, 0.3) is 0 Å². The van der Waals surface area contributed by atoms with Gasteiger partial charge in [0, 0.05) is 20.2 Å². The highest BCUT2D eigenvalue weighted by Gasteiger charge is 2.04. The van der Waals surface area contributed by atoms with Crippen LogP contribution in [0.4, 0.5) is 0 Å². The molecule has 2 aromatic carbocycles. The molecule has 0 spiro atoms. The van der Waals surface area contributed by atoms with Crippen LogP contribution in [0.2, 0.25) is 0 Å². The highest BCUT2D eigenvalue weighted by atomic mass is 32.1. The molecule has 0 aliphatic rings. The van der Waals surface area contributed by atoms with Gasteiger partial charge in [-0.25, -0.2) is 0 Å². The highest BCUT2D eigenvalue weighted by Crippen LogP contribution is 2.34. The molecule has 0 amide bonds. The highest BCUT2D eigenvalue weighted by molar-refractivity contribution is 7.25. The molecule has 1 aromatic heterocycles. The topological polar surface area (TPSA) is 26.3 Å². The minimum atomic E-state index is -0.219. The van der Waals surface area contributed by atoms with Gasteiger partial charge in [0.15, 0.2) is 0 Å². The minimum absolute atomic E-state index is 0.219. The van der Waals surface area contributed by atoms with Crippen LogP contribution in [0.3, 0.4) is 0 Å². The second kappa shape index (κ2) is 5.47. The Morgan fingerprint density at radius 2 is 1.95 bits per heavy atom. The van der Waals surface area contributed by atoms with Crippen molar-refractivity contribution in [2.75, 3.05) is 7.11 Å². The monoisotopic (exact) mass is 282 g/mol. The number of hydrogen-bond donors (Lipinski definition) is 0. The average Bonchev–Trinajstić information content (AvgIpc) is 2.85.